The molecule has 1 atom stereocenters. The van der Waals surface area contributed by atoms with Crippen molar-refractivity contribution < 1.29 is 4.39 Å². The van der Waals surface area contributed by atoms with Crippen molar-refractivity contribution in [2.24, 2.45) is 0 Å². The molecule has 0 amide bonds. The second-order valence-corrected chi connectivity index (χ2v) is 4.52. The van der Waals surface area contributed by atoms with Gasteiger partial charge in [-0.2, -0.15) is 0 Å². The van der Waals surface area contributed by atoms with E-state index in [1.807, 2.05) is 0 Å². The summed E-state index contributed by atoms with van der Waals surface area (Å²) in [5.74, 6) is 0. The first-order chi connectivity index (χ1) is 5.77. The first-order valence-corrected chi connectivity index (χ1v) is 6.18. The predicted molar refractivity (Wildman–Crippen MR) is 53.3 cm³/mol. The van der Waals surface area contributed by atoms with Gasteiger partial charge in [-0.25, -0.2) is 0 Å². The van der Waals surface area contributed by atoms with Gasteiger partial charge in [-0.15, -0.1) is 0 Å². The molecule has 0 saturated carbocycles. The van der Waals surface area contributed by atoms with Gasteiger partial charge in [0, 0.05) is 0 Å². The molecule has 0 rings (SSSR count). The number of halogens is 1. The van der Waals surface area contributed by atoms with Crippen LogP contribution in [0.15, 0.2) is 0 Å². The number of alkyl halides is 1. The van der Waals surface area contributed by atoms with E-state index in [0.717, 1.165) is 12.8 Å². The van der Waals surface area contributed by atoms with Gasteiger partial charge in [-0.1, -0.05) is 0 Å². The summed E-state index contributed by atoms with van der Waals surface area (Å²) in [4.78, 5) is -0.659. The molecule has 0 N–H and O–H groups in total. The maximum atomic E-state index is 12.3. The average Bonchev–Trinajstić information content (AvgIpc) is 2.02. The van der Waals surface area contributed by atoms with Crippen molar-refractivity contribution in [2.75, 3.05) is 0 Å². The molecule has 2 heteroatoms. The summed E-state index contributed by atoms with van der Waals surface area (Å²) in [6.07, 6.45) is 9.65. The van der Waals surface area contributed by atoms with Crippen LogP contribution >= 0.6 is 0 Å². The molecule has 0 aliphatic heterocycles. The topological polar surface area (TPSA) is 0 Å². The Labute approximate surface area is 84.8 Å². The number of hydrogen-bond donors (Lipinski definition) is 0. The van der Waals surface area contributed by atoms with Crippen molar-refractivity contribution in [3.63, 3.8) is 0 Å². The Morgan fingerprint density at radius 1 is 1.00 bits per heavy atom. The fourth-order valence-corrected chi connectivity index (χ4v) is 1.65. The van der Waals surface area contributed by atoms with Crippen LogP contribution < -0.4 is 0 Å². The van der Waals surface area contributed by atoms with Crippen LogP contribution in [0.5, 0.6) is 0 Å². The minimum absolute atomic E-state index is 0.659. The Morgan fingerprint density at radius 3 is 2.00 bits per heavy atom. The van der Waals surface area contributed by atoms with Crippen LogP contribution in [0.25, 0.3) is 0 Å². The number of hydrogen-bond acceptors (Lipinski definition) is 0. The van der Waals surface area contributed by atoms with E-state index in [-0.39, 0.29) is 0 Å². The molecule has 0 aromatic heterocycles. The second kappa shape index (κ2) is 9.58. The Morgan fingerprint density at radius 2 is 1.50 bits per heavy atom. The van der Waals surface area contributed by atoms with E-state index in [4.69, 9.17) is 0 Å². The number of unbranched alkanes of at least 4 members (excludes halogenated alkanes) is 6. The van der Waals surface area contributed by atoms with E-state index in [2.05, 4.69) is 23.8 Å². The van der Waals surface area contributed by atoms with Gasteiger partial charge in [0.25, 0.3) is 0 Å². The van der Waals surface area contributed by atoms with Gasteiger partial charge < -0.3 is 0 Å². The van der Waals surface area contributed by atoms with E-state index >= 15 is 0 Å². The Balaban J connectivity index is 2.82. The summed E-state index contributed by atoms with van der Waals surface area (Å²) < 4.78 is 12.3. The molecule has 1 unspecified atom stereocenters. The molecule has 2 radical (unpaired) electrons. The van der Waals surface area contributed by atoms with Crippen molar-refractivity contribution in [3.8, 4) is 0 Å². The first kappa shape index (κ1) is 12.5. The van der Waals surface area contributed by atoms with Gasteiger partial charge in [0.2, 0.25) is 0 Å². The Bertz CT molecular complexity index is 83.9. The molecule has 0 nitrogen and oxygen atoms in total. The monoisotopic (exact) mass is 234 g/mol. The van der Waals surface area contributed by atoms with Crippen molar-refractivity contribution in [1.29, 1.82) is 0 Å². The summed E-state index contributed by atoms with van der Waals surface area (Å²) in [6, 6.07) is 0. The summed E-state index contributed by atoms with van der Waals surface area (Å²) in [5.41, 5.74) is 0. The van der Waals surface area contributed by atoms with Gasteiger partial charge in [0.1, 0.15) is 0 Å². The molecule has 0 spiro atoms. The minimum atomic E-state index is -0.659. The Hall–Kier alpha value is 0.488. The third-order valence-electron chi connectivity index (χ3n) is 2.05. The Kier molecular flexibility index (Phi) is 9.97. The van der Waals surface area contributed by atoms with E-state index < -0.39 is 4.96 Å². The van der Waals surface area contributed by atoms with Crippen LogP contribution in [-0.4, -0.2) is 21.8 Å². The van der Waals surface area contributed by atoms with Crippen LogP contribution in [0.1, 0.15) is 58.3 Å². The molecule has 0 aliphatic carbocycles. The van der Waals surface area contributed by atoms with Crippen LogP contribution in [0.4, 0.5) is 4.39 Å². The third kappa shape index (κ3) is 10.5. The van der Waals surface area contributed by atoms with Crippen molar-refractivity contribution in [3.05, 3.63) is 0 Å². The van der Waals surface area contributed by atoms with E-state index in [1.165, 1.54) is 38.5 Å². The molecule has 0 bridgehead atoms. The van der Waals surface area contributed by atoms with Gasteiger partial charge >= 0.3 is 84.5 Å². The predicted octanol–water partition coefficient (Wildman–Crippen LogP) is 3.59. The van der Waals surface area contributed by atoms with Crippen molar-refractivity contribution >= 4 is 16.9 Å². The SMILES string of the molecule is CCCCCCCCCC(F)[As]. The fraction of sp³-hybridized carbons (Fsp3) is 1.00. The van der Waals surface area contributed by atoms with Crippen LogP contribution in [0, 0.1) is 0 Å². The van der Waals surface area contributed by atoms with Crippen molar-refractivity contribution in [2.45, 2.75) is 63.2 Å². The van der Waals surface area contributed by atoms with Crippen LogP contribution in [0.2, 0.25) is 0 Å². The molecule has 0 saturated heterocycles. The van der Waals surface area contributed by atoms with E-state index in [9.17, 15) is 4.39 Å². The first-order valence-electron chi connectivity index (χ1n) is 5.09. The molecule has 12 heavy (non-hydrogen) atoms. The van der Waals surface area contributed by atoms with Gasteiger partial charge in [0.15, 0.2) is 0 Å². The van der Waals surface area contributed by atoms with Crippen LogP contribution in [-0.2, 0) is 0 Å². The van der Waals surface area contributed by atoms with Crippen molar-refractivity contribution in [1.82, 2.24) is 0 Å². The summed E-state index contributed by atoms with van der Waals surface area (Å²) in [7, 11) is 0. The quantitative estimate of drug-likeness (QED) is 0.444. The standard InChI is InChI=1S/C10H20AsF/c1-2-3-4-5-6-7-8-9-10(11)12/h10H,2-9H2,1H3. The fourth-order valence-electron chi connectivity index (χ4n) is 1.27. The summed E-state index contributed by atoms with van der Waals surface area (Å²) >= 11 is 2.07. The van der Waals surface area contributed by atoms with Crippen LogP contribution in [0.3, 0.4) is 0 Å². The number of rotatable bonds is 8. The molecular formula is C10H20AsF. The molecule has 0 aromatic carbocycles. The zero-order valence-corrected chi connectivity index (χ0v) is 9.94. The molecular weight excluding hydrogens is 214 g/mol. The molecule has 0 fully saturated rings. The zero-order valence-electron chi connectivity index (χ0n) is 8.06. The van der Waals surface area contributed by atoms with E-state index in [1.54, 1.807) is 0 Å². The zero-order chi connectivity index (χ0) is 9.23. The molecule has 0 aliphatic rings. The third-order valence-corrected chi connectivity index (χ3v) is 2.59. The van der Waals surface area contributed by atoms with E-state index in [0.29, 0.717) is 0 Å². The molecule has 72 valence electrons. The summed E-state index contributed by atoms with van der Waals surface area (Å²) in [5, 5.41) is 0. The van der Waals surface area contributed by atoms with Gasteiger partial charge in [0.05, 0.1) is 0 Å². The average molecular weight is 234 g/mol. The maximum absolute atomic E-state index is 12.3. The normalized spacial score (nSPS) is 13.2. The molecule has 0 heterocycles. The summed E-state index contributed by atoms with van der Waals surface area (Å²) in [6.45, 7) is 2.22. The second-order valence-electron chi connectivity index (χ2n) is 3.34. The van der Waals surface area contributed by atoms with Gasteiger partial charge in [-0.3, -0.25) is 0 Å². The molecule has 0 aromatic rings. The van der Waals surface area contributed by atoms with Gasteiger partial charge in [-0.05, 0) is 0 Å².